The number of hydrogen-bond acceptors (Lipinski definition) is 4. The topological polar surface area (TPSA) is 59.8 Å². The predicted molar refractivity (Wildman–Crippen MR) is 106 cm³/mol. The van der Waals surface area contributed by atoms with E-state index in [0.717, 1.165) is 47.6 Å². The quantitative estimate of drug-likeness (QED) is 0.716. The lowest BCUT2D eigenvalue weighted by Crippen LogP contribution is -2.01. The molecule has 1 N–H and O–H groups in total. The van der Waals surface area contributed by atoms with Crippen LogP contribution in [0.25, 0.3) is 11.3 Å². The van der Waals surface area contributed by atoms with Crippen LogP contribution >= 0.6 is 0 Å². The first-order valence-corrected chi connectivity index (χ1v) is 9.23. The van der Waals surface area contributed by atoms with Crippen molar-refractivity contribution in [2.45, 2.75) is 32.7 Å². The van der Waals surface area contributed by atoms with Crippen LogP contribution in [-0.2, 0) is 17.8 Å². The first kappa shape index (κ1) is 17.2. The Morgan fingerprint density at radius 1 is 1.07 bits per heavy atom. The zero-order valence-corrected chi connectivity index (χ0v) is 15.4. The van der Waals surface area contributed by atoms with Crippen LogP contribution in [0.1, 0.15) is 25.3 Å². The minimum absolute atomic E-state index is 0.231. The van der Waals surface area contributed by atoms with Crippen molar-refractivity contribution in [1.29, 1.82) is 0 Å². The van der Waals surface area contributed by atoms with E-state index in [1.54, 1.807) is 0 Å². The van der Waals surface area contributed by atoms with Crippen molar-refractivity contribution in [2.24, 2.45) is 0 Å². The van der Waals surface area contributed by atoms with Crippen molar-refractivity contribution in [3.63, 3.8) is 0 Å². The summed E-state index contributed by atoms with van der Waals surface area (Å²) in [7, 11) is 0. The summed E-state index contributed by atoms with van der Waals surface area (Å²) < 4.78 is 1.88. The van der Waals surface area contributed by atoms with Crippen molar-refractivity contribution in [3.8, 4) is 11.3 Å². The molecule has 136 valence electrons. The van der Waals surface area contributed by atoms with Crippen LogP contribution < -0.4 is 5.32 Å². The van der Waals surface area contributed by atoms with E-state index in [4.69, 9.17) is 0 Å². The molecule has 1 heterocycles. The van der Waals surface area contributed by atoms with Crippen LogP contribution in [0.2, 0.25) is 0 Å². The van der Waals surface area contributed by atoms with E-state index in [2.05, 4.69) is 46.0 Å². The molecule has 5 nitrogen and oxygen atoms in total. The molecule has 0 spiro atoms. The van der Waals surface area contributed by atoms with Gasteiger partial charge < -0.3 is 5.32 Å². The van der Waals surface area contributed by atoms with Gasteiger partial charge in [0.1, 0.15) is 5.69 Å². The van der Waals surface area contributed by atoms with Crippen LogP contribution in [0.5, 0.6) is 0 Å². The largest absolute Gasteiger partial charge is 0.359 e. The zero-order valence-electron chi connectivity index (χ0n) is 15.4. The minimum Gasteiger partial charge on any atom is -0.359 e. The summed E-state index contributed by atoms with van der Waals surface area (Å²) >= 11 is 0. The molecule has 4 rings (SSSR count). The van der Waals surface area contributed by atoms with E-state index in [1.807, 2.05) is 42.1 Å². The third-order valence-electron chi connectivity index (χ3n) is 4.94. The van der Waals surface area contributed by atoms with E-state index < -0.39 is 0 Å². The fourth-order valence-electron chi connectivity index (χ4n) is 3.30. The maximum atomic E-state index is 11.7. The summed E-state index contributed by atoms with van der Waals surface area (Å²) in [5.74, 6) is 0.231. The summed E-state index contributed by atoms with van der Waals surface area (Å²) in [4.78, 5) is 11.7. The molecule has 1 aliphatic rings. The van der Waals surface area contributed by atoms with Crippen LogP contribution in [-0.4, -0.2) is 20.8 Å². The van der Waals surface area contributed by atoms with Gasteiger partial charge in [0.05, 0.1) is 6.20 Å². The molecule has 1 aromatic heterocycles. The Bertz CT molecular complexity index is 988. The average molecular weight is 358 g/mol. The third-order valence-corrected chi connectivity index (χ3v) is 4.94. The maximum absolute atomic E-state index is 11.7. The molecule has 0 amide bonds. The number of anilines is 1. The van der Waals surface area contributed by atoms with E-state index in [-0.39, 0.29) is 5.78 Å². The van der Waals surface area contributed by atoms with Gasteiger partial charge in [-0.05, 0) is 37.5 Å². The second kappa shape index (κ2) is 7.58. The van der Waals surface area contributed by atoms with E-state index in [9.17, 15) is 4.79 Å². The number of benzene rings is 2. The van der Waals surface area contributed by atoms with Gasteiger partial charge in [0, 0.05) is 35.5 Å². The first-order chi connectivity index (χ1) is 13.2. The molecule has 0 fully saturated rings. The van der Waals surface area contributed by atoms with E-state index in [1.165, 1.54) is 5.56 Å². The van der Waals surface area contributed by atoms with Crippen molar-refractivity contribution in [2.75, 3.05) is 5.32 Å². The highest BCUT2D eigenvalue weighted by molar-refractivity contribution is 5.98. The molecule has 1 aliphatic carbocycles. The number of Topliss-reactive ketones (excluding diaryl/α,β-unsaturated/α-hetero) is 1. The summed E-state index contributed by atoms with van der Waals surface area (Å²) in [6.07, 6.45) is 4.28. The molecule has 0 unspecified atom stereocenters. The highest BCUT2D eigenvalue weighted by Gasteiger charge is 2.19. The van der Waals surface area contributed by atoms with Gasteiger partial charge in [-0.15, -0.1) is 5.10 Å². The summed E-state index contributed by atoms with van der Waals surface area (Å²) in [6, 6.07) is 18.4. The monoisotopic (exact) mass is 358 g/mol. The Balaban J connectivity index is 1.46. The van der Waals surface area contributed by atoms with Crippen molar-refractivity contribution in [3.05, 3.63) is 77.6 Å². The van der Waals surface area contributed by atoms with E-state index in [0.29, 0.717) is 6.42 Å². The van der Waals surface area contributed by atoms with Crippen LogP contribution in [0.15, 0.2) is 72.1 Å². The summed E-state index contributed by atoms with van der Waals surface area (Å²) in [6.45, 7) is 2.68. The number of ketones is 1. The van der Waals surface area contributed by atoms with Gasteiger partial charge in [0.25, 0.3) is 0 Å². The Hall–Kier alpha value is -3.21. The van der Waals surface area contributed by atoms with Gasteiger partial charge in [-0.25, -0.2) is 0 Å². The fourth-order valence-corrected chi connectivity index (χ4v) is 3.30. The number of nitrogens with one attached hydrogen (secondary N) is 1. The van der Waals surface area contributed by atoms with Crippen molar-refractivity contribution >= 4 is 11.5 Å². The number of nitrogens with zero attached hydrogens (tertiary/aromatic N) is 3. The Labute approximate surface area is 158 Å². The first-order valence-electron chi connectivity index (χ1n) is 9.23. The highest BCUT2D eigenvalue weighted by Crippen LogP contribution is 2.26. The molecule has 0 aliphatic heterocycles. The predicted octanol–water partition coefficient (Wildman–Crippen LogP) is 4.24. The highest BCUT2D eigenvalue weighted by atomic mass is 16.1. The number of allylic oxidation sites excluding steroid dienone is 2. The van der Waals surface area contributed by atoms with Gasteiger partial charge >= 0.3 is 0 Å². The normalized spacial score (nSPS) is 14.0. The van der Waals surface area contributed by atoms with Gasteiger partial charge in [0.15, 0.2) is 5.78 Å². The number of aryl methyl sites for hydroxylation is 2. The van der Waals surface area contributed by atoms with Crippen LogP contribution in [0.3, 0.4) is 0 Å². The lowest BCUT2D eigenvalue weighted by atomic mass is 10.1. The number of carbonyl (C=O) groups excluding carboxylic acids is 1. The Kier molecular flexibility index (Phi) is 4.83. The molecular formula is C22H22N4O. The third kappa shape index (κ3) is 3.97. The average Bonchev–Trinajstić information content (AvgIpc) is 3.30. The van der Waals surface area contributed by atoms with E-state index >= 15 is 0 Å². The smallest absolute Gasteiger partial charge is 0.160 e. The molecule has 5 heteroatoms. The van der Waals surface area contributed by atoms with Crippen LogP contribution in [0, 0.1) is 0 Å². The summed E-state index contributed by atoms with van der Waals surface area (Å²) in [5.41, 5.74) is 5.97. The van der Waals surface area contributed by atoms with Crippen LogP contribution in [0.4, 0.5) is 5.69 Å². The molecular weight excluding hydrogens is 336 g/mol. The van der Waals surface area contributed by atoms with Gasteiger partial charge in [-0.1, -0.05) is 47.7 Å². The molecule has 27 heavy (non-hydrogen) atoms. The molecule has 3 aromatic rings. The molecule has 0 saturated heterocycles. The standard InChI is InChI=1S/C22H22N4O/c1-16-20(10-11-22(16)27)23-19-9-5-8-18(14-19)21-15-26(25-24-21)13-12-17-6-3-2-4-7-17/h2-9,14-15,23H,10-13H2,1H3. The fraction of sp³-hybridized carbons (Fsp3) is 0.227. The second-order valence-electron chi connectivity index (χ2n) is 6.83. The zero-order chi connectivity index (χ0) is 18.6. The lowest BCUT2D eigenvalue weighted by Gasteiger charge is -2.09. The Morgan fingerprint density at radius 2 is 1.93 bits per heavy atom. The van der Waals surface area contributed by atoms with Crippen molar-refractivity contribution < 1.29 is 4.79 Å². The van der Waals surface area contributed by atoms with Crippen molar-refractivity contribution in [1.82, 2.24) is 15.0 Å². The SMILES string of the molecule is CC1=C(Nc2cccc(-c3cn(CCc4ccccc4)nn3)c2)CCC1=O. The molecule has 0 radical (unpaired) electrons. The minimum atomic E-state index is 0.231. The second-order valence-corrected chi connectivity index (χ2v) is 6.83. The van der Waals surface area contributed by atoms with Gasteiger partial charge in [0.2, 0.25) is 0 Å². The molecule has 0 saturated carbocycles. The maximum Gasteiger partial charge on any atom is 0.160 e. The number of aromatic nitrogens is 3. The van der Waals surface area contributed by atoms with Gasteiger partial charge in [-0.3, -0.25) is 9.48 Å². The number of hydrogen-bond donors (Lipinski definition) is 1. The molecule has 0 bridgehead atoms. The summed E-state index contributed by atoms with van der Waals surface area (Å²) in [5, 5.41) is 12.0. The molecule has 2 aromatic carbocycles. The number of carbonyl (C=O) groups is 1. The number of rotatable bonds is 6. The molecule has 0 atom stereocenters. The lowest BCUT2D eigenvalue weighted by molar-refractivity contribution is -0.114. The van der Waals surface area contributed by atoms with Gasteiger partial charge in [-0.2, -0.15) is 0 Å². The Morgan fingerprint density at radius 3 is 2.70 bits per heavy atom.